The molecule has 7 heteroatoms. The number of sulfonamides is 1. The van der Waals surface area contributed by atoms with E-state index < -0.39 is 15.6 Å². The van der Waals surface area contributed by atoms with Crippen molar-refractivity contribution >= 4 is 10.0 Å². The summed E-state index contributed by atoms with van der Waals surface area (Å²) >= 11 is 0. The van der Waals surface area contributed by atoms with Gasteiger partial charge < -0.3 is 15.1 Å². The second kappa shape index (κ2) is 7.86. The quantitative estimate of drug-likeness (QED) is 0.451. The highest BCUT2D eigenvalue weighted by atomic mass is 32.2. The van der Waals surface area contributed by atoms with Gasteiger partial charge in [-0.25, -0.2) is 8.42 Å². The van der Waals surface area contributed by atoms with Crippen LogP contribution in [0.4, 0.5) is 0 Å². The fourth-order valence-corrected chi connectivity index (χ4v) is 3.73. The number of nitrogens with one attached hydrogen (secondary N) is 2. The van der Waals surface area contributed by atoms with E-state index in [0.717, 1.165) is 4.90 Å². The second-order valence-corrected chi connectivity index (χ2v) is 7.36. The van der Waals surface area contributed by atoms with Crippen molar-refractivity contribution in [2.45, 2.75) is 24.3 Å². The molecule has 0 fully saturated rings. The molecule has 21 heavy (non-hydrogen) atoms. The molecule has 0 bridgehead atoms. The molecule has 1 aromatic carbocycles. The average molecular weight is 317 g/mol. The number of aliphatic hydroxyl groups is 2. The molecule has 120 valence electrons. The first-order chi connectivity index (χ1) is 9.80. The summed E-state index contributed by atoms with van der Waals surface area (Å²) < 4.78 is 27.3. The van der Waals surface area contributed by atoms with Gasteiger partial charge in [0.2, 0.25) is 10.0 Å². The Morgan fingerprint density at radius 2 is 1.62 bits per heavy atom. The van der Waals surface area contributed by atoms with E-state index in [4.69, 9.17) is 10.2 Å². The molecule has 0 spiro atoms. The van der Waals surface area contributed by atoms with Crippen LogP contribution >= 0.6 is 0 Å². The highest BCUT2D eigenvalue weighted by Crippen LogP contribution is 2.11. The highest BCUT2D eigenvalue weighted by Gasteiger charge is 2.30. The Balaban J connectivity index is 2.79. The van der Waals surface area contributed by atoms with Crippen LogP contribution in [0.5, 0.6) is 0 Å². The van der Waals surface area contributed by atoms with Crippen LogP contribution in [0.1, 0.15) is 13.8 Å². The van der Waals surface area contributed by atoms with Crippen molar-refractivity contribution in [3.63, 3.8) is 0 Å². The van der Waals surface area contributed by atoms with Gasteiger partial charge in [0.25, 0.3) is 0 Å². The molecular formula is C14H25N2O4S+. The smallest absolute Gasteiger partial charge is 0.241 e. The van der Waals surface area contributed by atoms with Crippen molar-refractivity contribution < 1.29 is 23.5 Å². The maximum atomic E-state index is 12.3. The lowest BCUT2D eigenvalue weighted by atomic mass is 10.1. The van der Waals surface area contributed by atoms with Crippen LogP contribution in [0.2, 0.25) is 0 Å². The van der Waals surface area contributed by atoms with E-state index in [9.17, 15) is 8.42 Å². The first-order valence-corrected chi connectivity index (χ1v) is 8.43. The zero-order valence-electron chi connectivity index (χ0n) is 12.5. The highest BCUT2D eigenvalue weighted by molar-refractivity contribution is 7.89. The van der Waals surface area contributed by atoms with Gasteiger partial charge in [0, 0.05) is 0 Å². The van der Waals surface area contributed by atoms with Gasteiger partial charge >= 0.3 is 0 Å². The van der Waals surface area contributed by atoms with Gasteiger partial charge in [-0.3, -0.25) is 0 Å². The minimum absolute atomic E-state index is 0.00313. The van der Waals surface area contributed by atoms with Crippen LogP contribution < -0.4 is 9.62 Å². The third kappa shape index (κ3) is 6.11. The minimum atomic E-state index is -3.58. The number of rotatable bonds is 9. The molecule has 0 unspecified atom stereocenters. The Kier molecular flexibility index (Phi) is 6.76. The largest absolute Gasteiger partial charge is 0.391 e. The van der Waals surface area contributed by atoms with Crippen LogP contribution in [0, 0.1) is 0 Å². The summed E-state index contributed by atoms with van der Waals surface area (Å²) in [5.74, 6) is 0. The maximum Gasteiger partial charge on any atom is 0.241 e. The van der Waals surface area contributed by atoms with E-state index in [-0.39, 0.29) is 18.1 Å². The Labute approximate surface area is 126 Å². The predicted octanol–water partition coefficient (Wildman–Crippen LogP) is -1.39. The molecule has 1 aromatic rings. The first-order valence-electron chi connectivity index (χ1n) is 6.95. The fraction of sp³-hybridized carbons (Fsp3) is 0.571. The molecule has 0 amide bonds. The summed E-state index contributed by atoms with van der Waals surface area (Å²) in [5.41, 5.74) is -0.686. The summed E-state index contributed by atoms with van der Waals surface area (Å²) in [4.78, 5) is 1.17. The lowest BCUT2D eigenvalue weighted by Crippen LogP contribution is -3.15. The molecule has 0 heterocycles. The zero-order chi connectivity index (χ0) is 15.9. The van der Waals surface area contributed by atoms with Crippen molar-refractivity contribution in [3.8, 4) is 0 Å². The van der Waals surface area contributed by atoms with Crippen molar-refractivity contribution in [1.82, 2.24) is 4.72 Å². The number of quaternary nitrogens is 1. The third-order valence-corrected chi connectivity index (χ3v) is 4.80. The van der Waals surface area contributed by atoms with Gasteiger partial charge in [0.15, 0.2) is 0 Å². The topological polar surface area (TPSA) is 91.1 Å². The molecule has 0 aliphatic heterocycles. The summed E-state index contributed by atoms with van der Waals surface area (Å²) in [5, 5.41) is 18.1. The van der Waals surface area contributed by atoms with Crippen LogP contribution in [0.25, 0.3) is 0 Å². The Bertz CT molecular complexity index is 511. The summed E-state index contributed by atoms with van der Waals surface area (Å²) in [6.45, 7) is 4.99. The zero-order valence-corrected chi connectivity index (χ0v) is 13.4. The molecule has 0 saturated heterocycles. The normalized spacial score (nSPS) is 12.8. The van der Waals surface area contributed by atoms with E-state index in [1.807, 2.05) is 0 Å². The molecular weight excluding hydrogens is 292 g/mol. The lowest BCUT2D eigenvalue weighted by molar-refractivity contribution is -0.904. The van der Waals surface area contributed by atoms with Gasteiger partial charge in [-0.1, -0.05) is 18.2 Å². The Hall–Kier alpha value is -0.990. The van der Waals surface area contributed by atoms with Crippen LogP contribution in [-0.4, -0.2) is 57.0 Å². The monoisotopic (exact) mass is 317 g/mol. The molecule has 0 saturated carbocycles. The third-order valence-electron chi connectivity index (χ3n) is 3.09. The summed E-state index contributed by atoms with van der Waals surface area (Å²) in [6, 6.07) is 8.21. The second-order valence-electron chi connectivity index (χ2n) is 5.68. The van der Waals surface area contributed by atoms with Crippen LogP contribution in [0.15, 0.2) is 35.2 Å². The maximum absolute atomic E-state index is 12.3. The molecule has 6 nitrogen and oxygen atoms in total. The molecule has 1 rings (SSSR count). The molecule has 0 aromatic heterocycles. The molecule has 0 radical (unpaired) electrons. The van der Waals surface area contributed by atoms with Crippen LogP contribution in [-0.2, 0) is 10.0 Å². The lowest BCUT2D eigenvalue weighted by Gasteiger charge is -2.30. The van der Waals surface area contributed by atoms with Crippen molar-refractivity contribution in [2.75, 3.05) is 32.8 Å². The summed E-state index contributed by atoms with van der Waals surface area (Å²) in [6.07, 6.45) is 0. The van der Waals surface area contributed by atoms with Crippen molar-refractivity contribution in [3.05, 3.63) is 30.3 Å². The Morgan fingerprint density at radius 3 is 2.10 bits per heavy atom. The summed E-state index contributed by atoms with van der Waals surface area (Å²) in [7, 11) is -3.58. The molecule has 0 aliphatic carbocycles. The van der Waals surface area contributed by atoms with E-state index in [1.54, 1.807) is 44.2 Å². The van der Waals surface area contributed by atoms with Gasteiger partial charge in [0.05, 0.1) is 30.2 Å². The number of hydrogen-bond donors (Lipinski definition) is 4. The van der Waals surface area contributed by atoms with Gasteiger partial charge in [-0.2, -0.15) is 4.72 Å². The minimum Gasteiger partial charge on any atom is -0.391 e. The van der Waals surface area contributed by atoms with E-state index in [0.29, 0.717) is 19.6 Å². The average Bonchev–Trinajstić information content (AvgIpc) is 2.38. The van der Waals surface area contributed by atoms with E-state index >= 15 is 0 Å². The van der Waals surface area contributed by atoms with Crippen molar-refractivity contribution in [1.29, 1.82) is 0 Å². The van der Waals surface area contributed by atoms with E-state index in [1.165, 1.54) is 0 Å². The number of benzene rings is 1. The van der Waals surface area contributed by atoms with Crippen LogP contribution in [0.3, 0.4) is 0 Å². The van der Waals surface area contributed by atoms with Gasteiger partial charge in [-0.05, 0) is 26.0 Å². The number of hydrogen-bond acceptors (Lipinski definition) is 4. The van der Waals surface area contributed by atoms with Gasteiger partial charge in [0.1, 0.15) is 13.1 Å². The molecule has 4 N–H and O–H groups in total. The fourth-order valence-electron chi connectivity index (χ4n) is 2.30. The molecule has 0 aliphatic rings. The van der Waals surface area contributed by atoms with Crippen molar-refractivity contribution in [2.24, 2.45) is 0 Å². The number of aliphatic hydroxyl groups excluding tert-OH is 2. The van der Waals surface area contributed by atoms with E-state index in [2.05, 4.69) is 4.72 Å². The van der Waals surface area contributed by atoms with Gasteiger partial charge in [-0.15, -0.1) is 0 Å². The molecule has 0 atom stereocenters. The Morgan fingerprint density at radius 1 is 1.10 bits per heavy atom. The standard InChI is InChI=1S/C14H24N2O4S/c1-14(2,12-16(8-10-17)9-11-18)15-21(19,20)13-6-4-3-5-7-13/h3-7,15,17-18H,8-12H2,1-2H3/p+1. The SMILES string of the molecule is CC(C)(C[NH+](CCO)CCO)NS(=O)(=O)c1ccccc1. The first kappa shape index (κ1) is 18.1. The predicted molar refractivity (Wildman–Crippen MR) is 80.6 cm³/mol.